The van der Waals surface area contributed by atoms with E-state index in [9.17, 15) is 4.79 Å². The van der Waals surface area contributed by atoms with Gasteiger partial charge in [0.05, 0.1) is 25.1 Å². The van der Waals surface area contributed by atoms with Crippen molar-refractivity contribution in [1.29, 1.82) is 0 Å². The van der Waals surface area contributed by atoms with Crippen LogP contribution >= 0.6 is 0 Å². The second-order valence-corrected chi connectivity index (χ2v) is 5.19. The topological polar surface area (TPSA) is 104 Å². The molecule has 0 aromatic carbocycles. The van der Waals surface area contributed by atoms with Gasteiger partial charge in [0.25, 0.3) is 5.91 Å². The molecule has 118 valence electrons. The molecule has 0 unspecified atom stereocenters. The van der Waals surface area contributed by atoms with Crippen molar-refractivity contribution in [3.8, 4) is 5.69 Å². The molecule has 0 spiro atoms. The number of ether oxygens (including phenoxy) is 1. The SMILES string of the molecule is NC(=O)c1ccnn1-c1ccn2nc(N3CCOCC3)nc2c1. The summed E-state index contributed by atoms with van der Waals surface area (Å²) >= 11 is 0. The molecule has 2 N–H and O–H groups in total. The highest BCUT2D eigenvalue weighted by Gasteiger charge is 2.17. The zero-order valence-electron chi connectivity index (χ0n) is 12.3. The standard InChI is InChI=1S/C14H15N7O2/c15-13(22)11-1-3-16-21(11)10-2-4-20-12(9-10)17-14(18-20)19-5-7-23-8-6-19/h1-4,9H,5-8H2,(H2,15,22). The van der Waals surface area contributed by atoms with Gasteiger partial charge in [0.1, 0.15) is 5.69 Å². The Kier molecular flexibility index (Phi) is 3.19. The Morgan fingerprint density at radius 2 is 2.09 bits per heavy atom. The molecule has 1 fully saturated rings. The maximum atomic E-state index is 11.4. The molecule has 0 atom stereocenters. The molecule has 1 amide bonds. The number of carbonyl (C=O) groups excluding carboxylic acids is 1. The van der Waals surface area contributed by atoms with E-state index in [1.807, 2.05) is 12.1 Å². The van der Waals surface area contributed by atoms with Gasteiger partial charge in [-0.3, -0.25) is 4.79 Å². The van der Waals surface area contributed by atoms with Crippen LogP contribution in [0.1, 0.15) is 10.5 Å². The summed E-state index contributed by atoms with van der Waals surface area (Å²) in [6, 6.07) is 5.20. The number of carbonyl (C=O) groups is 1. The molecule has 1 aliphatic heterocycles. The molecule has 3 aromatic heterocycles. The van der Waals surface area contributed by atoms with E-state index in [0.717, 1.165) is 13.1 Å². The fourth-order valence-corrected chi connectivity index (χ4v) is 2.58. The number of nitrogens with two attached hydrogens (primary N) is 1. The van der Waals surface area contributed by atoms with E-state index in [1.54, 1.807) is 16.8 Å². The van der Waals surface area contributed by atoms with Gasteiger partial charge in [0.2, 0.25) is 5.95 Å². The first-order valence-corrected chi connectivity index (χ1v) is 7.26. The summed E-state index contributed by atoms with van der Waals surface area (Å²) in [6.07, 6.45) is 3.32. The largest absolute Gasteiger partial charge is 0.378 e. The Labute approximate surface area is 131 Å². The number of rotatable bonds is 3. The smallest absolute Gasteiger partial charge is 0.267 e. The molecule has 0 bridgehead atoms. The summed E-state index contributed by atoms with van der Waals surface area (Å²) in [5.74, 6) is 0.138. The monoisotopic (exact) mass is 313 g/mol. The average Bonchev–Trinajstić information content (AvgIpc) is 3.21. The number of hydrogen-bond donors (Lipinski definition) is 1. The highest BCUT2D eigenvalue weighted by Crippen LogP contribution is 2.16. The summed E-state index contributed by atoms with van der Waals surface area (Å²) < 4.78 is 8.53. The molecule has 9 heteroatoms. The van der Waals surface area contributed by atoms with Crippen molar-refractivity contribution < 1.29 is 9.53 Å². The minimum atomic E-state index is -0.530. The maximum Gasteiger partial charge on any atom is 0.267 e. The Bertz CT molecular complexity index is 863. The van der Waals surface area contributed by atoms with Gasteiger partial charge in [-0.25, -0.2) is 9.20 Å². The van der Waals surface area contributed by atoms with Crippen LogP contribution in [0.25, 0.3) is 11.3 Å². The molecule has 4 rings (SSSR count). The zero-order chi connectivity index (χ0) is 15.8. The van der Waals surface area contributed by atoms with E-state index in [4.69, 9.17) is 10.5 Å². The van der Waals surface area contributed by atoms with E-state index in [2.05, 4.69) is 20.1 Å². The van der Waals surface area contributed by atoms with Crippen LogP contribution in [0, 0.1) is 0 Å². The zero-order valence-corrected chi connectivity index (χ0v) is 12.3. The van der Waals surface area contributed by atoms with Crippen LogP contribution in [0.2, 0.25) is 0 Å². The van der Waals surface area contributed by atoms with Crippen molar-refractivity contribution in [2.24, 2.45) is 5.73 Å². The normalized spacial score (nSPS) is 15.2. The van der Waals surface area contributed by atoms with Crippen LogP contribution < -0.4 is 10.6 Å². The molecule has 3 aromatic rings. The summed E-state index contributed by atoms with van der Waals surface area (Å²) in [5.41, 5.74) is 7.06. The van der Waals surface area contributed by atoms with Gasteiger partial charge >= 0.3 is 0 Å². The number of fused-ring (bicyclic) bond motifs is 1. The van der Waals surface area contributed by atoms with Crippen molar-refractivity contribution in [1.82, 2.24) is 24.4 Å². The van der Waals surface area contributed by atoms with Crippen molar-refractivity contribution in [3.05, 3.63) is 36.3 Å². The fourth-order valence-electron chi connectivity index (χ4n) is 2.58. The van der Waals surface area contributed by atoms with Crippen LogP contribution in [-0.2, 0) is 4.74 Å². The fraction of sp³-hybridized carbons (Fsp3) is 0.286. The number of nitrogens with zero attached hydrogens (tertiary/aromatic N) is 6. The van der Waals surface area contributed by atoms with Crippen LogP contribution in [0.15, 0.2) is 30.6 Å². The Morgan fingerprint density at radius 3 is 2.87 bits per heavy atom. The predicted octanol–water partition coefficient (Wildman–Crippen LogP) is -0.150. The second kappa shape index (κ2) is 5.36. The third-order valence-corrected chi connectivity index (χ3v) is 3.74. The third kappa shape index (κ3) is 2.40. The molecule has 1 aliphatic rings. The number of anilines is 1. The van der Waals surface area contributed by atoms with E-state index in [-0.39, 0.29) is 0 Å². The van der Waals surface area contributed by atoms with Crippen LogP contribution in [0.4, 0.5) is 5.95 Å². The molecule has 0 saturated carbocycles. The van der Waals surface area contributed by atoms with Gasteiger partial charge < -0.3 is 15.4 Å². The summed E-state index contributed by atoms with van der Waals surface area (Å²) in [7, 11) is 0. The van der Waals surface area contributed by atoms with Crippen molar-refractivity contribution in [2.75, 3.05) is 31.2 Å². The first kappa shape index (κ1) is 13.7. The number of pyridine rings is 1. The van der Waals surface area contributed by atoms with Crippen molar-refractivity contribution >= 4 is 17.5 Å². The molecule has 23 heavy (non-hydrogen) atoms. The van der Waals surface area contributed by atoms with Crippen LogP contribution in [-0.4, -0.2) is 56.6 Å². The molecule has 4 heterocycles. The summed E-state index contributed by atoms with van der Waals surface area (Å²) in [5, 5.41) is 8.61. The molecule has 0 radical (unpaired) electrons. The molecule has 9 nitrogen and oxygen atoms in total. The molecule has 1 saturated heterocycles. The lowest BCUT2D eigenvalue weighted by molar-refractivity contribution is 0.0993. The van der Waals surface area contributed by atoms with E-state index in [1.165, 1.54) is 10.9 Å². The van der Waals surface area contributed by atoms with Gasteiger partial charge in [0, 0.05) is 25.4 Å². The Morgan fingerprint density at radius 1 is 1.26 bits per heavy atom. The quantitative estimate of drug-likeness (QED) is 0.721. The number of aromatic nitrogens is 5. The van der Waals surface area contributed by atoms with Gasteiger partial charge in [-0.15, -0.1) is 5.10 Å². The Hall–Kier alpha value is -2.94. The molecular formula is C14H15N7O2. The Balaban J connectivity index is 1.73. The van der Waals surface area contributed by atoms with E-state index < -0.39 is 5.91 Å². The van der Waals surface area contributed by atoms with Crippen molar-refractivity contribution in [3.63, 3.8) is 0 Å². The number of amides is 1. The minimum absolute atomic E-state index is 0.322. The highest BCUT2D eigenvalue weighted by molar-refractivity contribution is 5.91. The first-order chi connectivity index (χ1) is 11.2. The lowest BCUT2D eigenvalue weighted by Crippen LogP contribution is -2.36. The van der Waals surface area contributed by atoms with E-state index >= 15 is 0 Å². The number of morpholine rings is 1. The van der Waals surface area contributed by atoms with E-state index in [0.29, 0.717) is 36.2 Å². The predicted molar refractivity (Wildman–Crippen MR) is 81.7 cm³/mol. The second-order valence-electron chi connectivity index (χ2n) is 5.19. The lowest BCUT2D eigenvalue weighted by Gasteiger charge is -2.25. The average molecular weight is 313 g/mol. The van der Waals surface area contributed by atoms with Crippen molar-refractivity contribution in [2.45, 2.75) is 0 Å². The summed E-state index contributed by atoms with van der Waals surface area (Å²) in [6.45, 7) is 2.90. The number of primary amides is 1. The summed E-state index contributed by atoms with van der Waals surface area (Å²) in [4.78, 5) is 18.1. The number of hydrogen-bond acceptors (Lipinski definition) is 6. The first-order valence-electron chi connectivity index (χ1n) is 7.26. The van der Waals surface area contributed by atoms with Gasteiger partial charge in [-0.1, -0.05) is 0 Å². The van der Waals surface area contributed by atoms with Gasteiger partial charge in [-0.05, 0) is 12.1 Å². The molecule has 0 aliphatic carbocycles. The third-order valence-electron chi connectivity index (χ3n) is 3.74. The lowest BCUT2D eigenvalue weighted by atomic mass is 10.3. The highest BCUT2D eigenvalue weighted by atomic mass is 16.5. The maximum absolute atomic E-state index is 11.4. The minimum Gasteiger partial charge on any atom is -0.378 e. The van der Waals surface area contributed by atoms with Crippen LogP contribution in [0.3, 0.4) is 0 Å². The molecular weight excluding hydrogens is 298 g/mol. The van der Waals surface area contributed by atoms with Gasteiger partial charge in [-0.2, -0.15) is 10.1 Å². The van der Waals surface area contributed by atoms with Crippen LogP contribution in [0.5, 0.6) is 0 Å². The van der Waals surface area contributed by atoms with Gasteiger partial charge in [0.15, 0.2) is 5.65 Å².